The molecule has 0 N–H and O–H groups in total. The van der Waals surface area contributed by atoms with Crippen molar-refractivity contribution in [3.05, 3.63) is 0 Å². The third-order valence-corrected chi connectivity index (χ3v) is 4.24. The highest BCUT2D eigenvalue weighted by atomic mass is 16.5. The Labute approximate surface area is 129 Å². The molecule has 0 bridgehead atoms. The predicted molar refractivity (Wildman–Crippen MR) is 92.4 cm³/mol. The van der Waals surface area contributed by atoms with Gasteiger partial charge in [-0.2, -0.15) is 0 Å². The van der Waals surface area contributed by atoms with Gasteiger partial charge in [-0.3, -0.25) is 0 Å². The fraction of sp³-hybridized carbons (Fsp3) is 1.00. The average Bonchev–Trinajstić information content (AvgIpc) is 2.99. The monoisotopic (exact) mass is 287 g/mol. The van der Waals surface area contributed by atoms with Crippen molar-refractivity contribution in [1.29, 1.82) is 0 Å². The molecule has 0 unspecified atom stereocenters. The molecule has 124 valence electrons. The van der Waals surface area contributed by atoms with Crippen LogP contribution in [0.15, 0.2) is 0 Å². The summed E-state index contributed by atoms with van der Waals surface area (Å²) in [5, 5.41) is 0. The Bertz CT molecular complexity index is 178. The minimum Gasteiger partial charge on any atom is -0.383 e. The van der Waals surface area contributed by atoms with Crippen LogP contribution >= 0.6 is 0 Å². The molecule has 2 aliphatic rings. The van der Waals surface area contributed by atoms with Gasteiger partial charge in [-0.15, -0.1) is 0 Å². The van der Waals surface area contributed by atoms with Crippen molar-refractivity contribution in [2.45, 2.75) is 73.6 Å². The van der Waals surface area contributed by atoms with Crippen LogP contribution in [-0.4, -0.2) is 38.3 Å². The van der Waals surface area contributed by atoms with Crippen molar-refractivity contribution in [3.63, 3.8) is 0 Å². The summed E-state index contributed by atoms with van der Waals surface area (Å²) in [6.07, 6.45) is 8.90. The fourth-order valence-electron chi connectivity index (χ4n) is 3.28. The lowest BCUT2D eigenvalue weighted by atomic mass is 9.80. The van der Waals surface area contributed by atoms with Crippen LogP contribution < -0.4 is 0 Å². The second kappa shape index (κ2) is 15.3. The van der Waals surface area contributed by atoms with Gasteiger partial charge in [0.2, 0.25) is 0 Å². The number of hydrogen-bond acceptors (Lipinski definition) is 2. The van der Waals surface area contributed by atoms with E-state index in [-0.39, 0.29) is 7.43 Å². The summed E-state index contributed by atoms with van der Waals surface area (Å²) >= 11 is 0. The lowest BCUT2D eigenvalue weighted by Gasteiger charge is -2.27. The van der Waals surface area contributed by atoms with Gasteiger partial charge in [0, 0.05) is 20.2 Å². The predicted octanol–water partition coefficient (Wildman–Crippen LogP) is 5.22. The van der Waals surface area contributed by atoms with Crippen LogP contribution in [0.3, 0.4) is 0 Å². The summed E-state index contributed by atoms with van der Waals surface area (Å²) in [5.74, 6) is 2.05. The van der Waals surface area contributed by atoms with Crippen molar-refractivity contribution in [1.82, 2.24) is 4.90 Å². The maximum Gasteiger partial charge on any atom is 0.0589 e. The molecule has 1 heterocycles. The number of rotatable bonds is 4. The minimum atomic E-state index is 0. The molecule has 0 aromatic rings. The molecule has 0 spiro atoms. The molecule has 0 amide bonds. The zero-order chi connectivity index (χ0) is 14.5. The zero-order valence-electron chi connectivity index (χ0n) is 14.1. The number of ether oxygens (including phenoxy) is 1. The molecule has 0 aromatic heterocycles. The average molecular weight is 288 g/mol. The summed E-state index contributed by atoms with van der Waals surface area (Å²) in [6, 6.07) is 0. The van der Waals surface area contributed by atoms with E-state index in [1.807, 2.05) is 27.7 Å². The third-order valence-electron chi connectivity index (χ3n) is 4.24. The van der Waals surface area contributed by atoms with E-state index < -0.39 is 0 Å². The second-order valence-electron chi connectivity index (χ2n) is 5.24. The van der Waals surface area contributed by atoms with E-state index in [0.717, 1.165) is 25.0 Å². The van der Waals surface area contributed by atoms with Gasteiger partial charge in [-0.1, -0.05) is 67.2 Å². The molecule has 20 heavy (non-hydrogen) atoms. The first-order valence-corrected chi connectivity index (χ1v) is 8.61. The largest absolute Gasteiger partial charge is 0.383 e. The molecule has 2 nitrogen and oxygen atoms in total. The van der Waals surface area contributed by atoms with E-state index in [2.05, 4.69) is 4.90 Å². The van der Waals surface area contributed by atoms with Gasteiger partial charge in [0.25, 0.3) is 0 Å². The van der Waals surface area contributed by atoms with Gasteiger partial charge >= 0.3 is 0 Å². The lowest BCUT2D eigenvalue weighted by molar-refractivity contribution is 0.154. The Morgan fingerprint density at radius 1 is 0.900 bits per heavy atom. The van der Waals surface area contributed by atoms with E-state index >= 15 is 0 Å². The Morgan fingerprint density at radius 2 is 1.50 bits per heavy atom. The molecule has 0 aromatic carbocycles. The maximum absolute atomic E-state index is 5.14. The molecule has 1 saturated carbocycles. The first-order valence-electron chi connectivity index (χ1n) is 8.61. The minimum absolute atomic E-state index is 0. The SMILES string of the molecule is C.CC.CC.COCCN1CC[C@H](C2CCCCC2)C1. The molecule has 2 fully saturated rings. The topological polar surface area (TPSA) is 12.5 Å². The lowest BCUT2D eigenvalue weighted by Crippen LogP contribution is -2.27. The Balaban J connectivity index is 0. The van der Waals surface area contributed by atoms with Gasteiger partial charge in [0.1, 0.15) is 0 Å². The normalized spacial score (nSPS) is 22.9. The van der Waals surface area contributed by atoms with Crippen LogP contribution in [0.1, 0.15) is 73.6 Å². The third kappa shape index (κ3) is 8.26. The smallest absolute Gasteiger partial charge is 0.0589 e. The first kappa shape index (κ1) is 22.2. The maximum atomic E-state index is 5.14. The summed E-state index contributed by atoms with van der Waals surface area (Å²) < 4.78 is 5.14. The van der Waals surface area contributed by atoms with Crippen molar-refractivity contribution in [2.24, 2.45) is 11.8 Å². The summed E-state index contributed by atoms with van der Waals surface area (Å²) in [5.41, 5.74) is 0. The number of nitrogens with zero attached hydrogens (tertiary/aromatic N) is 1. The molecular weight excluding hydrogens is 246 g/mol. The van der Waals surface area contributed by atoms with Crippen molar-refractivity contribution < 1.29 is 4.74 Å². The van der Waals surface area contributed by atoms with Gasteiger partial charge in [-0.25, -0.2) is 0 Å². The number of likely N-dealkylation sites (tertiary alicyclic amines) is 1. The Hall–Kier alpha value is -0.0800. The van der Waals surface area contributed by atoms with Crippen LogP contribution in [0.5, 0.6) is 0 Å². The number of methoxy groups -OCH3 is 1. The van der Waals surface area contributed by atoms with Crippen LogP contribution in [0.4, 0.5) is 0 Å². The molecular formula is C18H41NO. The molecule has 1 atom stereocenters. The molecule has 0 radical (unpaired) electrons. The molecule has 1 aliphatic carbocycles. The second-order valence-corrected chi connectivity index (χ2v) is 5.24. The molecule has 2 rings (SSSR count). The van der Waals surface area contributed by atoms with Gasteiger partial charge < -0.3 is 9.64 Å². The number of hydrogen-bond donors (Lipinski definition) is 0. The van der Waals surface area contributed by atoms with E-state index in [0.29, 0.717) is 0 Å². The van der Waals surface area contributed by atoms with Crippen molar-refractivity contribution >= 4 is 0 Å². The van der Waals surface area contributed by atoms with Crippen LogP contribution in [0, 0.1) is 11.8 Å². The molecule has 1 aliphatic heterocycles. The summed E-state index contributed by atoms with van der Waals surface area (Å²) in [6.45, 7) is 12.7. The summed E-state index contributed by atoms with van der Waals surface area (Å²) in [4.78, 5) is 2.59. The van der Waals surface area contributed by atoms with E-state index in [1.165, 1.54) is 51.6 Å². The molecule has 1 saturated heterocycles. The standard InChI is InChI=1S/C13H25NO.2C2H6.CH4/c1-15-10-9-14-8-7-13(11-14)12-5-3-2-4-6-12;2*1-2;/h12-13H,2-11H2,1H3;2*1-2H3;1H4/t13-;;;/m0.../s1. The highest BCUT2D eigenvalue weighted by Crippen LogP contribution is 2.34. The van der Waals surface area contributed by atoms with E-state index in [9.17, 15) is 0 Å². The zero-order valence-corrected chi connectivity index (χ0v) is 14.1. The van der Waals surface area contributed by atoms with Gasteiger partial charge in [0.15, 0.2) is 0 Å². The highest BCUT2D eigenvalue weighted by molar-refractivity contribution is 4.82. The summed E-state index contributed by atoms with van der Waals surface area (Å²) in [7, 11) is 1.80. The van der Waals surface area contributed by atoms with Gasteiger partial charge in [0.05, 0.1) is 6.61 Å². The Morgan fingerprint density at radius 3 is 2.05 bits per heavy atom. The van der Waals surface area contributed by atoms with Crippen molar-refractivity contribution in [3.8, 4) is 0 Å². The van der Waals surface area contributed by atoms with Crippen LogP contribution in [0.25, 0.3) is 0 Å². The van der Waals surface area contributed by atoms with Crippen molar-refractivity contribution in [2.75, 3.05) is 33.4 Å². The Kier molecular flexibility index (Phi) is 17.0. The fourth-order valence-corrected chi connectivity index (χ4v) is 3.28. The quantitative estimate of drug-likeness (QED) is 0.702. The van der Waals surface area contributed by atoms with E-state index in [4.69, 9.17) is 4.74 Å². The molecule has 2 heteroatoms. The van der Waals surface area contributed by atoms with Gasteiger partial charge in [-0.05, 0) is 24.8 Å². The first-order chi connectivity index (χ1) is 9.40. The highest BCUT2D eigenvalue weighted by Gasteiger charge is 2.29. The van der Waals surface area contributed by atoms with Crippen LogP contribution in [0.2, 0.25) is 0 Å². The van der Waals surface area contributed by atoms with E-state index in [1.54, 1.807) is 7.11 Å². The van der Waals surface area contributed by atoms with Crippen LogP contribution in [-0.2, 0) is 4.74 Å².